The Morgan fingerprint density at radius 3 is 1.35 bits per heavy atom. The fourth-order valence-electron chi connectivity index (χ4n) is 2.15. The number of hydrogen-bond acceptors (Lipinski definition) is 3. The standard InChI is InChI=1S/C12H26.C6H6O3S.Na/c1-3-5-7-9-11-12-10-8-6-4-2;7-10(8,9)6-4-2-1-3-5-6;/h3-12H2,1-2H3;1-5H,(H,7,8,9);/q;;+1/p-1. The maximum absolute atomic E-state index is 10.3. The van der Waals surface area contributed by atoms with Crippen molar-refractivity contribution in [3.63, 3.8) is 0 Å². The summed E-state index contributed by atoms with van der Waals surface area (Å²) in [5.41, 5.74) is 0. The minimum atomic E-state index is -4.25. The van der Waals surface area contributed by atoms with Gasteiger partial charge >= 0.3 is 29.6 Å². The molecule has 23 heavy (non-hydrogen) atoms. The van der Waals surface area contributed by atoms with E-state index in [0.29, 0.717) is 0 Å². The van der Waals surface area contributed by atoms with Gasteiger partial charge in [-0.25, -0.2) is 8.42 Å². The van der Waals surface area contributed by atoms with Crippen LogP contribution < -0.4 is 29.6 Å². The van der Waals surface area contributed by atoms with Gasteiger partial charge in [0.1, 0.15) is 10.1 Å². The van der Waals surface area contributed by atoms with Crippen LogP contribution in [-0.4, -0.2) is 13.0 Å². The fraction of sp³-hybridized carbons (Fsp3) is 0.667. The molecule has 1 aromatic rings. The second-order valence-corrected chi connectivity index (χ2v) is 6.98. The molecule has 0 saturated carbocycles. The first kappa shape index (κ1) is 25.4. The summed E-state index contributed by atoms with van der Waals surface area (Å²) >= 11 is 0. The third kappa shape index (κ3) is 16.8. The van der Waals surface area contributed by atoms with Crippen LogP contribution in [0.25, 0.3) is 0 Å². The first-order valence-electron chi connectivity index (χ1n) is 8.53. The van der Waals surface area contributed by atoms with Gasteiger partial charge in [0, 0.05) is 0 Å². The molecule has 0 radical (unpaired) electrons. The molecular weight excluding hydrogens is 319 g/mol. The molecule has 1 aromatic carbocycles. The van der Waals surface area contributed by atoms with Crippen molar-refractivity contribution in [3.05, 3.63) is 30.3 Å². The van der Waals surface area contributed by atoms with Crippen molar-refractivity contribution in [3.8, 4) is 0 Å². The van der Waals surface area contributed by atoms with Gasteiger partial charge in [-0.05, 0) is 12.1 Å². The van der Waals surface area contributed by atoms with E-state index in [1.165, 1.54) is 88.5 Å². The first-order valence-corrected chi connectivity index (χ1v) is 9.94. The maximum atomic E-state index is 10.3. The van der Waals surface area contributed by atoms with Gasteiger partial charge in [0.05, 0.1) is 4.90 Å². The summed E-state index contributed by atoms with van der Waals surface area (Å²) in [5.74, 6) is 0. The summed E-state index contributed by atoms with van der Waals surface area (Å²) in [6.07, 6.45) is 14.4. The molecule has 0 saturated heterocycles. The summed E-state index contributed by atoms with van der Waals surface area (Å²) in [7, 11) is -4.25. The Morgan fingerprint density at radius 1 is 0.739 bits per heavy atom. The molecule has 0 aromatic heterocycles. The summed E-state index contributed by atoms with van der Waals surface area (Å²) in [4.78, 5) is -0.185. The van der Waals surface area contributed by atoms with E-state index in [2.05, 4.69) is 13.8 Å². The van der Waals surface area contributed by atoms with Crippen LogP contribution in [0.2, 0.25) is 0 Å². The molecule has 0 amide bonds. The van der Waals surface area contributed by atoms with Crippen LogP contribution in [-0.2, 0) is 10.1 Å². The number of benzene rings is 1. The summed E-state index contributed by atoms with van der Waals surface area (Å²) in [6.45, 7) is 4.56. The number of rotatable bonds is 10. The maximum Gasteiger partial charge on any atom is 1.00 e. The summed E-state index contributed by atoms with van der Waals surface area (Å²) in [5, 5.41) is 0. The van der Waals surface area contributed by atoms with Crippen LogP contribution in [0.1, 0.15) is 78.1 Å². The van der Waals surface area contributed by atoms with Crippen molar-refractivity contribution in [1.82, 2.24) is 0 Å². The van der Waals surface area contributed by atoms with Gasteiger partial charge < -0.3 is 4.55 Å². The van der Waals surface area contributed by atoms with Gasteiger partial charge in [0.2, 0.25) is 0 Å². The molecule has 1 rings (SSSR count). The minimum absolute atomic E-state index is 0. The average molecular weight is 350 g/mol. The van der Waals surface area contributed by atoms with E-state index in [1.807, 2.05) is 0 Å². The van der Waals surface area contributed by atoms with Crippen LogP contribution in [0.15, 0.2) is 35.2 Å². The Bertz CT molecular complexity index is 437. The monoisotopic (exact) mass is 350 g/mol. The zero-order chi connectivity index (χ0) is 16.7. The van der Waals surface area contributed by atoms with E-state index in [4.69, 9.17) is 0 Å². The fourth-order valence-corrected chi connectivity index (χ4v) is 2.64. The van der Waals surface area contributed by atoms with Gasteiger partial charge in [0.15, 0.2) is 0 Å². The molecule has 0 aliphatic rings. The SMILES string of the molecule is CCCCCCCCCCCC.O=S(=O)([O-])c1ccccc1.[Na+]. The van der Waals surface area contributed by atoms with Gasteiger partial charge in [-0.15, -0.1) is 0 Å². The van der Waals surface area contributed by atoms with E-state index in [9.17, 15) is 13.0 Å². The Hall–Kier alpha value is 0.130. The largest absolute Gasteiger partial charge is 1.00 e. The van der Waals surface area contributed by atoms with E-state index in [0.717, 1.165) is 0 Å². The minimum Gasteiger partial charge on any atom is -0.744 e. The molecule has 0 unspecified atom stereocenters. The van der Waals surface area contributed by atoms with Crippen molar-refractivity contribution < 1.29 is 42.5 Å². The molecule has 0 aliphatic carbocycles. The summed E-state index contributed by atoms with van der Waals surface area (Å²) < 4.78 is 30.8. The zero-order valence-electron chi connectivity index (χ0n) is 15.1. The second-order valence-electron chi connectivity index (χ2n) is 5.60. The van der Waals surface area contributed by atoms with Gasteiger partial charge in [0.25, 0.3) is 0 Å². The van der Waals surface area contributed by atoms with E-state index < -0.39 is 10.1 Å². The first-order chi connectivity index (χ1) is 10.5. The van der Waals surface area contributed by atoms with Crippen LogP contribution in [0, 0.1) is 0 Å². The second kappa shape index (κ2) is 17.0. The Balaban J connectivity index is 0. The Labute approximate surface area is 165 Å². The number of hydrogen-bond donors (Lipinski definition) is 0. The number of unbranched alkanes of at least 4 members (excludes halogenated alkanes) is 9. The van der Waals surface area contributed by atoms with E-state index >= 15 is 0 Å². The van der Waals surface area contributed by atoms with Gasteiger partial charge in [-0.3, -0.25) is 0 Å². The predicted molar refractivity (Wildman–Crippen MR) is 91.9 cm³/mol. The van der Waals surface area contributed by atoms with Crippen LogP contribution in [0.3, 0.4) is 0 Å². The molecule has 128 valence electrons. The molecule has 0 aliphatic heterocycles. The zero-order valence-corrected chi connectivity index (χ0v) is 17.9. The van der Waals surface area contributed by atoms with Crippen molar-refractivity contribution >= 4 is 10.1 Å². The molecule has 5 heteroatoms. The third-order valence-corrected chi connectivity index (χ3v) is 4.34. The molecule has 0 bridgehead atoms. The molecule has 3 nitrogen and oxygen atoms in total. The molecule has 0 spiro atoms. The van der Waals surface area contributed by atoms with E-state index in [1.54, 1.807) is 6.07 Å². The molecular formula is C18H31NaO3S. The summed E-state index contributed by atoms with van der Waals surface area (Å²) in [6, 6.07) is 7.19. The molecule has 0 N–H and O–H groups in total. The van der Waals surface area contributed by atoms with Crippen LogP contribution in [0.4, 0.5) is 0 Å². The van der Waals surface area contributed by atoms with Crippen molar-refractivity contribution in [1.29, 1.82) is 0 Å². The Morgan fingerprint density at radius 2 is 1.09 bits per heavy atom. The molecule has 0 heterocycles. The average Bonchev–Trinajstić information content (AvgIpc) is 2.51. The quantitative estimate of drug-likeness (QED) is 0.370. The normalized spacial score (nSPS) is 10.4. The van der Waals surface area contributed by atoms with Gasteiger partial charge in [-0.1, -0.05) is 96.3 Å². The van der Waals surface area contributed by atoms with Crippen LogP contribution in [0.5, 0.6) is 0 Å². The van der Waals surface area contributed by atoms with Crippen molar-refractivity contribution in [2.24, 2.45) is 0 Å². The van der Waals surface area contributed by atoms with Crippen molar-refractivity contribution in [2.45, 2.75) is 83.0 Å². The third-order valence-electron chi connectivity index (χ3n) is 3.49. The Kier molecular flexibility index (Phi) is 18.7. The van der Waals surface area contributed by atoms with Crippen LogP contribution >= 0.6 is 0 Å². The van der Waals surface area contributed by atoms with Crippen molar-refractivity contribution in [2.75, 3.05) is 0 Å². The molecule has 0 atom stereocenters. The smallest absolute Gasteiger partial charge is 0.744 e. The predicted octanol–water partition coefficient (Wildman–Crippen LogP) is 2.52. The van der Waals surface area contributed by atoms with E-state index in [-0.39, 0.29) is 34.5 Å². The molecule has 0 fully saturated rings. The topological polar surface area (TPSA) is 57.2 Å². The van der Waals surface area contributed by atoms with Gasteiger partial charge in [-0.2, -0.15) is 0 Å².